The summed E-state index contributed by atoms with van der Waals surface area (Å²) < 4.78 is 1.39. The van der Waals surface area contributed by atoms with E-state index in [9.17, 15) is 9.59 Å². The number of rotatable bonds is 5. The molecule has 31 heavy (non-hydrogen) atoms. The van der Waals surface area contributed by atoms with E-state index in [1.165, 1.54) is 34.2 Å². The predicted molar refractivity (Wildman–Crippen MR) is 121 cm³/mol. The number of hydrogen-bond acceptors (Lipinski definition) is 4. The fourth-order valence-corrected chi connectivity index (χ4v) is 4.47. The van der Waals surface area contributed by atoms with E-state index in [2.05, 4.69) is 33.9 Å². The molecule has 7 nitrogen and oxygen atoms in total. The number of nitrogens with zero attached hydrogens (tertiary/aromatic N) is 3. The Bertz CT molecular complexity index is 1160. The van der Waals surface area contributed by atoms with Crippen molar-refractivity contribution in [3.63, 3.8) is 0 Å². The highest BCUT2D eigenvalue weighted by molar-refractivity contribution is 6.03. The summed E-state index contributed by atoms with van der Waals surface area (Å²) in [5.41, 5.74) is 5.35. The Kier molecular flexibility index (Phi) is 4.98. The lowest BCUT2D eigenvalue weighted by Gasteiger charge is -2.16. The largest absolute Gasteiger partial charge is 0.331 e. The molecule has 1 atom stereocenters. The molecule has 3 aromatic rings. The molecule has 160 valence electrons. The van der Waals surface area contributed by atoms with Gasteiger partial charge in [0.05, 0.1) is 30.0 Å². The van der Waals surface area contributed by atoms with Crippen molar-refractivity contribution in [2.24, 2.45) is 0 Å². The van der Waals surface area contributed by atoms with Crippen LogP contribution in [0.15, 0.2) is 42.6 Å². The van der Waals surface area contributed by atoms with E-state index >= 15 is 0 Å². The van der Waals surface area contributed by atoms with E-state index in [1.807, 2.05) is 32.3 Å². The van der Waals surface area contributed by atoms with Crippen molar-refractivity contribution in [2.75, 3.05) is 26.0 Å². The van der Waals surface area contributed by atoms with Crippen LogP contribution in [-0.2, 0) is 6.42 Å². The van der Waals surface area contributed by atoms with Crippen molar-refractivity contribution in [1.82, 2.24) is 20.0 Å². The van der Waals surface area contributed by atoms with Crippen molar-refractivity contribution in [2.45, 2.75) is 37.6 Å². The molecule has 0 radical (unpaired) electrons. The summed E-state index contributed by atoms with van der Waals surface area (Å²) in [6.45, 7) is 0.262. The van der Waals surface area contributed by atoms with Crippen LogP contribution in [0.1, 0.15) is 52.7 Å². The number of amides is 2. The fraction of sp³-hybridized carbons (Fsp3) is 0.375. The lowest BCUT2D eigenvalue weighted by atomic mass is 10.0. The number of fused-ring (bicyclic) bond motifs is 2. The quantitative estimate of drug-likeness (QED) is 0.659. The molecule has 0 aliphatic heterocycles. The van der Waals surface area contributed by atoms with Gasteiger partial charge in [-0.2, -0.15) is 9.78 Å². The van der Waals surface area contributed by atoms with E-state index < -0.39 is 0 Å². The molecule has 1 saturated carbocycles. The second-order valence-electron chi connectivity index (χ2n) is 8.85. The predicted octanol–water partition coefficient (Wildman–Crippen LogP) is 3.92. The Morgan fingerprint density at radius 1 is 1.16 bits per heavy atom. The third kappa shape index (κ3) is 3.93. The summed E-state index contributed by atoms with van der Waals surface area (Å²) in [6, 6.07) is 12.0. The lowest BCUT2D eigenvalue weighted by molar-refractivity contribution is 0.0866. The van der Waals surface area contributed by atoms with Crippen LogP contribution in [0.5, 0.6) is 0 Å². The van der Waals surface area contributed by atoms with Crippen LogP contribution in [0, 0.1) is 0 Å². The number of carbonyl (C=O) groups is 2. The van der Waals surface area contributed by atoms with E-state index in [4.69, 9.17) is 0 Å². The Hall–Kier alpha value is -3.19. The summed E-state index contributed by atoms with van der Waals surface area (Å²) >= 11 is 0. The van der Waals surface area contributed by atoms with Gasteiger partial charge in [0.25, 0.3) is 5.91 Å². The summed E-state index contributed by atoms with van der Waals surface area (Å²) in [5, 5.41) is 11.1. The van der Waals surface area contributed by atoms with Gasteiger partial charge < -0.3 is 15.5 Å². The Morgan fingerprint density at radius 3 is 2.77 bits per heavy atom. The second-order valence-corrected chi connectivity index (χ2v) is 8.85. The van der Waals surface area contributed by atoms with Crippen LogP contribution in [-0.4, -0.2) is 47.3 Å². The first-order chi connectivity index (χ1) is 15.0. The minimum absolute atomic E-state index is 0.0202. The smallest absolute Gasteiger partial charge is 0.319 e. The zero-order valence-electron chi connectivity index (χ0n) is 17.9. The van der Waals surface area contributed by atoms with Gasteiger partial charge in [-0.1, -0.05) is 24.3 Å². The number of carbonyl (C=O) groups excluding carboxylic acids is 2. The number of likely N-dealkylation sites (N-methyl/N-ethyl adjacent to an activating group) is 1. The molecule has 7 heteroatoms. The zero-order valence-corrected chi connectivity index (χ0v) is 17.9. The number of benzene rings is 2. The van der Waals surface area contributed by atoms with Crippen LogP contribution in [0.2, 0.25) is 0 Å². The van der Waals surface area contributed by atoms with Gasteiger partial charge in [0.1, 0.15) is 0 Å². The number of nitrogens with one attached hydrogen (secondary N) is 2. The maximum absolute atomic E-state index is 12.8. The molecular formula is C24H27N5O2. The van der Waals surface area contributed by atoms with Crippen LogP contribution in [0.25, 0.3) is 10.9 Å². The van der Waals surface area contributed by atoms with Gasteiger partial charge in [-0.05, 0) is 74.5 Å². The normalized spacial score (nSPS) is 17.7. The van der Waals surface area contributed by atoms with E-state index in [0.717, 1.165) is 24.1 Å². The Morgan fingerprint density at radius 2 is 2.00 bits per heavy atom. The Labute approximate surface area is 181 Å². The molecule has 1 aromatic heterocycles. The summed E-state index contributed by atoms with van der Waals surface area (Å²) in [4.78, 5) is 27.0. The topological polar surface area (TPSA) is 79.3 Å². The number of hydrogen-bond donors (Lipinski definition) is 2. The van der Waals surface area contributed by atoms with E-state index in [0.29, 0.717) is 11.2 Å². The number of urea groups is 1. The molecular weight excluding hydrogens is 390 g/mol. The van der Waals surface area contributed by atoms with Crippen molar-refractivity contribution < 1.29 is 9.59 Å². The molecule has 2 amide bonds. The number of aryl methyl sites for hydroxylation is 1. The molecule has 2 aromatic carbocycles. The highest BCUT2D eigenvalue weighted by atomic mass is 16.2. The number of aromatic nitrogens is 2. The highest BCUT2D eigenvalue weighted by Gasteiger charge is 2.28. The van der Waals surface area contributed by atoms with Gasteiger partial charge in [-0.15, -0.1) is 0 Å². The molecule has 2 aliphatic rings. The minimum Gasteiger partial charge on any atom is -0.331 e. The third-order valence-corrected chi connectivity index (χ3v) is 6.15. The molecule has 0 bridgehead atoms. The maximum atomic E-state index is 12.8. The molecule has 2 aliphatic carbocycles. The monoisotopic (exact) mass is 417 g/mol. The minimum atomic E-state index is -0.246. The zero-order chi connectivity index (χ0) is 21.5. The summed E-state index contributed by atoms with van der Waals surface area (Å²) in [5.74, 6) is 0.626. The molecule has 0 spiro atoms. The molecule has 1 heterocycles. The van der Waals surface area contributed by atoms with Crippen molar-refractivity contribution in [1.29, 1.82) is 0 Å². The summed E-state index contributed by atoms with van der Waals surface area (Å²) in [7, 11) is 3.68. The van der Waals surface area contributed by atoms with Gasteiger partial charge in [-0.25, -0.2) is 4.79 Å². The van der Waals surface area contributed by atoms with Gasteiger partial charge in [0.15, 0.2) is 0 Å². The van der Waals surface area contributed by atoms with Gasteiger partial charge in [0.2, 0.25) is 0 Å². The van der Waals surface area contributed by atoms with E-state index in [-0.39, 0.29) is 24.5 Å². The van der Waals surface area contributed by atoms with Crippen molar-refractivity contribution in [3.8, 4) is 0 Å². The molecule has 2 N–H and O–H groups in total. The number of anilines is 1. The second kappa shape index (κ2) is 7.81. The molecule has 5 rings (SSSR count). The van der Waals surface area contributed by atoms with Crippen LogP contribution >= 0.6 is 0 Å². The van der Waals surface area contributed by atoms with Gasteiger partial charge in [0, 0.05) is 5.39 Å². The first kappa shape index (κ1) is 19.8. The van der Waals surface area contributed by atoms with Crippen LogP contribution in [0.3, 0.4) is 0 Å². The average molecular weight is 418 g/mol. The van der Waals surface area contributed by atoms with Crippen LogP contribution < -0.4 is 10.6 Å². The highest BCUT2D eigenvalue weighted by Crippen LogP contribution is 2.42. The Balaban J connectivity index is 1.30. The van der Waals surface area contributed by atoms with E-state index in [1.54, 1.807) is 11.1 Å². The molecule has 0 saturated heterocycles. The third-order valence-electron chi connectivity index (χ3n) is 6.15. The molecule has 1 fully saturated rings. The first-order valence-corrected chi connectivity index (χ1v) is 10.8. The van der Waals surface area contributed by atoms with Crippen LogP contribution in [0.4, 0.5) is 10.5 Å². The fourth-order valence-electron chi connectivity index (χ4n) is 4.47. The standard InChI is InChI=1S/C24H27N5O2/c1-28(2)14-23(30)29-22-5-3-4-20(19(22)13-25-29)26-24(31)27-21-11-9-17-12-16(15-6-7-15)8-10-18(17)21/h3-5,8,10,12-13,15,21H,6-7,9,11,14H2,1-2H3,(H2,26,27,31). The van der Waals surface area contributed by atoms with Crippen molar-refractivity contribution >= 4 is 28.5 Å². The maximum Gasteiger partial charge on any atom is 0.319 e. The lowest BCUT2D eigenvalue weighted by Crippen LogP contribution is -2.31. The van der Waals surface area contributed by atoms with Gasteiger partial charge in [-0.3, -0.25) is 4.79 Å². The average Bonchev–Trinajstić information content (AvgIpc) is 3.37. The first-order valence-electron chi connectivity index (χ1n) is 10.8. The summed E-state index contributed by atoms with van der Waals surface area (Å²) in [6.07, 6.45) is 6.13. The SMILES string of the molecule is CN(C)CC(=O)n1ncc2c(NC(=O)NC3CCc4cc(C5CC5)ccc43)cccc21. The van der Waals surface area contributed by atoms with Gasteiger partial charge >= 0.3 is 6.03 Å². The van der Waals surface area contributed by atoms with Crippen molar-refractivity contribution in [3.05, 3.63) is 59.3 Å². The molecule has 1 unspecified atom stereocenters.